The van der Waals surface area contributed by atoms with Gasteiger partial charge >= 0.3 is 0 Å². The van der Waals surface area contributed by atoms with E-state index < -0.39 is 11.6 Å². The molecule has 1 N–H and O–H groups in total. The Balaban J connectivity index is 0.00000324. The smallest absolute Gasteiger partial charge is 0.149 e. The van der Waals surface area contributed by atoms with Crippen LogP contribution in [0.25, 0.3) is 0 Å². The zero-order chi connectivity index (χ0) is 13.7. The van der Waals surface area contributed by atoms with Crippen LogP contribution in [0.3, 0.4) is 0 Å². The monoisotopic (exact) mass is 257 g/mol. The van der Waals surface area contributed by atoms with Gasteiger partial charge in [-0.15, -0.1) is 0 Å². The fraction of sp³-hybridized carbons (Fsp3) is 0.500. The number of halogens is 2. The Bertz CT molecular complexity index is 414. The molecule has 0 spiro atoms. The highest BCUT2D eigenvalue weighted by Gasteiger charge is 2.10. The number of nitrogens with one attached hydrogen (secondary N) is 1. The van der Waals surface area contributed by atoms with Crippen molar-refractivity contribution in [1.29, 1.82) is 0 Å². The molecular formula is C14H21F2NO. The normalized spacial score (nSPS) is 12.5. The number of hydrogen-bond donors (Lipinski definition) is 1. The van der Waals surface area contributed by atoms with E-state index in [1.165, 1.54) is 19.1 Å². The maximum Gasteiger partial charge on any atom is 0.149 e. The third-order valence-corrected chi connectivity index (χ3v) is 3.13. The summed E-state index contributed by atoms with van der Waals surface area (Å²) in [4.78, 5) is 11.5. The van der Waals surface area contributed by atoms with Crippen molar-refractivity contribution in [1.82, 2.24) is 5.32 Å². The van der Waals surface area contributed by atoms with Crippen molar-refractivity contribution in [3.05, 3.63) is 34.9 Å². The fourth-order valence-electron chi connectivity index (χ4n) is 1.53. The lowest BCUT2D eigenvalue weighted by atomic mass is 10.0. The van der Waals surface area contributed by atoms with Crippen molar-refractivity contribution in [2.24, 2.45) is 5.92 Å². The largest absolute Gasteiger partial charge is 0.306 e. The Morgan fingerprint density at radius 1 is 1.39 bits per heavy atom. The maximum atomic E-state index is 13.3. The predicted molar refractivity (Wildman–Crippen MR) is 69.4 cm³/mol. The van der Waals surface area contributed by atoms with Crippen LogP contribution >= 0.6 is 0 Å². The fourth-order valence-corrected chi connectivity index (χ4v) is 1.53. The van der Waals surface area contributed by atoms with Gasteiger partial charge in [-0.25, -0.2) is 8.78 Å². The lowest BCUT2D eigenvalue weighted by Crippen LogP contribution is -2.26. The average molecular weight is 257 g/mol. The van der Waals surface area contributed by atoms with E-state index in [9.17, 15) is 13.6 Å². The van der Waals surface area contributed by atoms with Crippen LogP contribution in [0.5, 0.6) is 0 Å². The molecule has 1 rings (SSSR count). The van der Waals surface area contributed by atoms with E-state index in [2.05, 4.69) is 5.32 Å². The van der Waals surface area contributed by atoms with Gasteiger partial charge in [-0.3, -0.25) is 4.79 Å². The SMILES string of the molecule is CCC(C)C(=O)CNCc1cc(F)c(C)c(F)c1.[HH]. The zero-order valence-corrected chi connectivity index (χ0v) is 11.0. The van der Waals surface area contributed by atoms with Gasteiger partial charge in [0.1, 0.15) is 17.4 Å². The average Bonchev–Trinajstić information content (AvgIpc) is 2.34. The van der Waals surface area contributed by atoms with Crippen molar-refractivity contribution in [3.8, 4) is 0 Å². The molecule has 0 aliphatic heterocycles. The number of rotatable bonds is 6. The summed E-state index contributed by atoms with van der Waals surface area (Å²) in [7, 11) is 0. The van der Waals surface area contributed by atoms with Crippen molar-refractivity contribution >= 4 is 5.78 Å². The number of Topliss-reactive ketones (excluding diaryl/α,β-unsaturated/α-hetero) is 1. The lowest BCUT2D eigenvalue weighted by molar-refractivity contribution is -0.121. The Morgan fingerprint density at radius 3 is 2.44 bits per heavy atom. The molecule has 0 aliphatic rings. The summed E-state index contributed by atoms with van der Waals surface area (Å²) in [6.45, 7) is 5.74. The summed E-state index contributed by atoms with van der Waals surface area (Å²) < 4.78 is 26.5. The quantitative estimate of drug-likeness (QED) is 0.847. The van der Waals surface area contributed by atoms with Gasteiger partial charge in [-0.1, -0.05) is 13.8 Å². The summed E-state index contributed by atoms with van der Waals surface area (Å²) in [6, 6.07) is 2.58. The van der Waals surface area contributed by atoms with E-state index >= 15 is 0 Å². The predicted octanol–water partition coefficient (Wildman–Crippen LogP) is 3.22. The highest BCUT2D eigenvalue weighted by molar-refractivity contribution is 5.82. The summed E-state index contributed by atoms with van der Waals surface area (Å²) in [5, 5.41) is 2.91. The number of hydrogen-bond acceptors (Lipinski definition) is 2. The molecule has 0 bridgehead atoms. The molecule has 102 valence electrons. The van der Waals surface area contributed by atoms with Gasteiger partial charge in [0.05, 0.1) is 6.54 Å². The molecule has 1 unspecified atom stereocenters. The van der Waals surface area contributed by atoms with Crippen LogP contribution in [-0.4, -0.2) is 12.3 Å². The second-order valence-corrected chi connectivity index (χ2v) is 4.56. The molecule has 0 saturated heterocycles. The molecule has 0 fully saturated rings. The zero-order valence-electron chi connectivity index (χ0n) is 11.0. The molecular weight excluding hydrogens is 236 g/mol. The molecule has 4 heteroatoms. The van der Waals surface area contributed by atoms with E-state index in [4.69, 9.17) is 0 Å². The standard InChI is InChI=1S/C14H19F2NO.H2/c1-4-9(2)14(18)8-17-7-11-5-12(15)10(3)13(16)6-11;/h5-6,9,17H,4,7-8H2,1-3H3;1H. The summed E-state index contributed by atoms with van der Waals surface area (Å²) in [5.41, 5.74) is 0.530. The second kappa shape index (κ2) is 6.59. The van der Waals surface area contributed by atoms with E-state index in [0.717, 1.165) is 6.42 Å². The Kier molecular flexibility index (Phi) is 5.41. The molecule has 1 aromatic rings. The summed E-state index contributed by atoms with van der Waals surface area (Å²) in [6.07, 6.45) is 0.800. The van der Waals surface area contributed by atoms with Crippen molar-refractivity contribution in [3.63, 3.8) is 0 Å². The van der Waals surface area contributed by atoms with E-state index in [1.807, 2.05) is 13.8 Å². The molecule has 2 nitrogen and oxygen atoms in total. The minimum Gasteiger partial charge on any atom is -0.306 e. The molecule has 0 aliphatic carbocycles. The van der Waals surface area contributed by atoms with Gasteiger partial charge < -0.3 is 5.32 Å². The Hall–Kier alpha value is -1.29. The first-order valence-corrected chi connectivity index (χ1v) is 6.13. The Labute approximate surface area is 108 Å². The van der Waals surface area contributed by atoms with Crippen molar-refractivity contribution < 1.29 is 15.0 Å². The molecule has 0 heterocycles. The van der Waals surface area contributed by atoms with Crippen LogP contribution in [0.1, 0.15) is 32.8 Å². The molecule has 1 atom stereocenters. The van der Waals surface area contributed by atoms with Gasteiger partial charge in [-0.2, -0.15) is 0 Å². The van der Waals surface area contributed by atoms with Gasteiger partial charge in [0.15, 0.2) is 0 Å². The first kappa shape index (κ1) is 14.8. The molecule has 0 saturated carbocycles. The van der Waals surface area contributed by atoms with E-state index in [1.54, 1.807) is 0 Å². The topological polar surface area (TPSA) is 29.1 Å². The minimum atomic E-state index is -0.556. The van der Waals surface area contributed by atoms with Crippen LogP contribution < -0.4 is 5.32 Å². The number of ketones is 1. The van der Waals surface area contributed by atoms with Gasteiger partial charge in [0, 0.05) is 19.5 Å². The van der Waals surface area contributed by atoms with Crippen LogP contribution in [0.2, 0.25) is 0 Å². The Morgan fingerprint density at radius 2 is 1.94 bits per heavy atom. The second-order valence-electron chi connectivity index (χ2n) is 4.56. The molecule has 18 heavy (non-hydrogen) atoms. The van der Waals surface area contributed by atoms with Gasteiger partial charge in [-0.05, 0) is 31.0 Å². The van der Waals surface area contributed by atoms with E-state index in [-0.39, 0.29) is 31.8 Å². The van der Waals surface area contributed by atoms with Crippen LogP contribution in [0, 0.1) is 24.5 Å². The highest BCUT2D eigenvalue weighted by Crippen LogP contribution is 2.14. The van der Waals surface area contributed by atoms with Crippen molar-refractivity contribution in [2.45, 2.75) is 33.7 Å². The van der Waals surface area contributed by atoms with Gasteiger partial charge in [0.25, 0.3) is 0 Å². The molecule has 0 amide bonds. The molecule has 0 radical (unpaired) electrons. The van der Waals surface area contributed by atoms with Crippen LogP contribution in [-0.2, 0) is 11.3 Å². The van der Waals surface area contributed by atoms with Crippen molar-refractivity contribution in [2.75, 3.05) is 6.54 Å². The first-order valence-electron chi connectivity index (χ1n) is 6.13. The third-order valence-electron chi connectivity index (χ3n) is 3.13. The highest BCUT2D eigenvalue weighted by atomic mass is 19.1. The van der Waals surface area contributed by atoms with Crippen LogP contribution in [0.4, 0.5) is 8.78 Å². The number of benzene rings is 1. The minimum absolute atomic E-state index is 0. The third kappa shape index (κ3) is 3.88. The molecule has 1 aromatic carbocycles. The number of carbonyl (C=O) groups excluding carboxylic acids is 1. The van der Waals surface area contributed by atoms with Crippen LogP contribution in [0.15, 0.2) is 12.1 Å². The lowest BCUT2D eigenvalue weighted by Gasteiger charge is -2.09. The summed E-state index contributed by atoms with van der Waals surface area (Å²) in [5.74, 6) is -0.977. The summed E-state index contributed by atoms with van der Waals surface area (Å²) >= 11 is 0. The number of carbonyl (C=O) groups is 1. The van der Waals surface area contributed by atoms with E-state index in [0.29, 0.717) is 5.56 Å². The molecule has 0 aromatic heterocycles. The maximum absolute atomic E-state index is 13.3. The van der Waals surface area contributed by atoms with Gasteiger partial charge in [0.2, 0.25) is 0 Å². The first-order chi connectivity index (χ1) is 8.45.